The van der Waals surface area contributed by atoms with Crippen LogP contribution in [0, 0.1) is 23.1 Å². The molecule has 0 radical (unpaired) electrons. The van der Waals surface area contributed by atoms with Gasteiger partial charge in [0.15, 0.2) is 0 Å². The fourth-order valence-electron chi connectivity index (χ4n) is 1.93. The maximum atomic E-state index is 12.9. The predicted octanol–water partition coefficient (Wildman–Crippen LogP) is 2.14. The quantitative estimate of drug-likeness (QED) is 0.750. The molecule has 0 bridgehead atoms. The van der Waals surface area contributed by atoms with Crippen LogP contribution in [0.25, 0.3) is 0 Å². The summed E-state index contributed by atoms with van der Waals surface area (Å²) in [6, 6.07) is 8.23. The third-order valence-electron chi connectivity index (χ3n) is 2.94. The van der Waals surface area contributed by atoms with Gasteiger partial charge in [0.1, 0.15) is 5.82 Å². The Bertz CT molecular complexity index is 465. The van der Waals surface area contributed by atoms with E-state index < -0.39 is 0 Å². The average Bonchev–Trinajstić information content (AvgIpc) is 2.41. The smallest absolute Gasteiger partial charge is 0.234 e. The van der Waals surface area contributed by atoms with E-state index in [1.165, 1.54) is 12.1 Å². The van der Waals surface area contributed by atoms with Crippen molar-refractivity contribution < 1.29 is 9.18 Å². The monoisotopic (exact) mass is 277 g/mol. The molecule has 0 spiro atoms. The fourth-order valence-corrected chi connectivity index (χ4v) is 1.93. The minimum absolute atomic E-state index is 0.0164. The van der Waals surface area contributed by atoms with E-state index in [9.17, 15) is 9.18 Å². The summed E-state index contributed by atoms with van der Waals surface area (Å²) < 4.78 is 12.9. The summed E-state index contributed by atoms with van der Waals surface area (Å²) in [4.78, 5) is 11.6. The molecule has 0 aliphatic rings. The molecule has 0 saturated carbocycles. The van der Waals surface area contributed by atoms with Crippen LogP contribution < -0.4 is 10.6 Å². The first-order valence-corrected chi connectivity index (χ1v) is 6.67. The SMILES string of the molecule is CC(C)[C@H](NCC(=O)NCCC#N)c1ccc(F)cc1. The van der Waals surface area contributed by atoms with Gasteiger partial charge in [0.05, 0.1) is 19.0 Å². The summed E-state index contributed by atoms with van der Waals surface area (Å²) >= 11 is 0. The van der Waals surface area contributed by atoms with Crippen molar-refractivity contribution in [2.45, 2.75) is 26.3 Å². The lowest BCUT2D eigenvalue weighted by Crippen LogP contribution is -2.37. The second kappa shape index (κ2) is 8.28. The molecule has 108 valence electrons. The van der Waals surface area contributed by atoms with E-state index in [2.05, 4.69) is 10.6 Å². The average molecular weight is 277 g/mol. The van der Waals surface area contributed by atoms with Crippen LogP contribution in [0.3, 0.4) is 0 Å². The van der Waals surface area contributed by atoms with Gasteiger partial charge in [0, 0.05) is 12.6 Å². The molecule has 0 fully saturated rings. The number of nitriles is 1. The zero-order valence-corrected chi connectivity index (χ0v) is 11.8. The van der Waals surface area contributed by atoms with E-state index in [-0.39, 0.29) is 30.2 Å². The van der Waals surface area contributed by atoms with Crippen LogP contribution in [0.15, 0.2) is 24.3 Å². The second-order valence-corrected chi connectivity index (χ2v) is 4.91. The molecule has 2 N–H and O–H groups in total. The number of carbonyl (C=O) groups excluding carboxylic acids is 1. The Morgan fingerprint density at radius 2 is 2.00 bits per heavy atom. The normalized spacial score (nSPS) is 11.9. The molecule has 1 amide bonds. The van der Waals surface area contributed by atoms with Crippen molar-refractivity contribution in [2.24, 2.45) is 5.92 Å². The van der Waals surface area contributed by atoms with Gasteiger partial charge in [-0.3, -0.25) is 4.79 Å². The van der Waals surface area contributed by atoms with E-state index in [1.54, 1.807) is 12.1 Å². The highest BCUT2D eigenvalue weighted by Crippen LogP contribution is 2.21. The highest BCUT2D eigenvalue weighted by molar-refractivity contribution is 5.78. The van der Waals surface area contributed by atoms with Crippen molar-refractivity contribution in [3.05, 3.63) is 35.6 Å². The number of carbonyl (C=O) groups is 1. The standard InChI is InChI=1S/C15H20FN3O/c1-11(2)15(12-4-6-13(16)7-5-12)19-10-14(20)18-9-3-8-17/h4-7,11,15,19H,3,9-10H2,1-2H3,(H,18,20)/t15-/m0/s1. The first-order valence-electron chi connectivity index (χ1n) is 6.67. The molecule has 1 aromatic rings. The van der Waals surface area contributed by atoms with Crippen molar-refractivity contribution in [3.8, 4) is 6.07 Å². The summed E-state index contributed by atoms with van der Waals surface area (Å²) in [5.41, 5.74) is 0.950. The Hall–Kier alpha value is -1.93. The molecule has 0 aliphatic carbocycles. The highest BCUT2D eigenvalue weighted by atomic mass is 19.1. The summed E-state index contributed by atoms with van der Waals surface area (Å²) in [5.74, 6) is -0.147. The summed E-state index contributed by atoms with van der Waals surface area (Å²) in [7, 11) is 0. The van der Waals surface area contributed by atoms with Gasteiger partial charge in [-0.05, 0) is 23.6 Å². The van der Waals surface area contributed by atoms with Gasteiger partial charge in [-0.1, -0.05) is 26.0 Å². The molecule has 0 aliphatic heterocycles. The summed E-state index contributed by atoms with van der Waals surface area (Å²) in [6.45, 7) is 4.61. The lowest BCUT2D eigenvalue weighted by molar-refractivity contribution is -0.120. The zero-order valence-electron chi connectivity index (χ0n) is 11.8. The van der Waals surface area contributed by atoms with Crippen molar-refractivity contribution in [2.75, 3.05) is 13.1 Å². The Morgan fingerprint density at radius 1 is 1.35 bits per heavy atom. The van der Waals surface area contributed by atoms with E-state index in [4.69, 9.17) is 5.26 Å². The molecule has 0 heterocycles. The third-order valence-corrected chi connectivity index (χ3v) is 2.94. The van der Waals surface area contributed by atoms with Crippen molar-refractivity contribution in [1.29, 1.82) is 5.26 Å². The van der Waals surface area contributed by atoms with Crippen molar-refractivity contribution in [3.63, 3.8) is 0 Å². The first-order chi connectivity index (χ1) is 9.54. The number of nitrogens with zero attached hydrogens (tertiary/aromatic N) is 1. The minimum Gasteiger partial charge on any atom is -0.354 e. The number of nitrogens with one attached hydrogen (secondary N) is 2. The second-order valence-electron chi connectivity index (χ2n) is 4.91. The van der Waals surface area contributed by atoms with Gasteiger partial charge in [0.25, 0.3) is 0 Å². The van der Waals surface area contributed by atoms with Gasteiger partial charge in [-0.2, -0.15) is 5.26 Å². The number of amides is 1. The Labute approximate surface area is 119 Å². The van der Waals surface area contributed by atoms with Crippen LogP contribution in [-0.2, 0) is 4.79 Å². The Kier molecular flexibility index (Phi) is 6.68. The van der Waals surface area contributed by atoms with Gasteiger partial charge in [-0.25, -0.2) is 4.39 Å². The number of hydrogen-bond donors (Lipinski definition) is 2. The van der Waals surface area contributed by atoms with Crippen molar-refractivity contribution >= 4 is 5.91 Å². The highest BCUT2D eigenvalue weighted by Gasteiger charge is 2.16. The van der Waals surface area contributed by atoms with E-state index >= 15 is 0 Å². The van der Waals surface area contributed by atoms with Gasteiger partial charge >= 0.3 is 0 Å². The molecule has 0 unspecified atom stereocenters. The van der Waals surface area contributed by atoms with Gasteiger partial charge in [-0.15, -0.1) is 0 Å². The van der Waals surface area contributed by atoms with Crippen LogP contribution in [0.2, 0.25) is 0 Å². The van der Waals surface area contributed by atoms with Crippen LogP contribution in [0.4, 0.5) is 4.39 Å². The summed E-state index contributed by atoms with van der Waals surface area (Å²) in [6.07, 6.45) is 0.303. The Morgan fingerprint density at radius 3 is 2.55 bits per heavy atom. The van der Waals surface area contributed by atoms with Gasteiger partial charge < -0.3 is 10.6 Å². The molecule has 0 saturated heterocycles. The molecular formula is C15H20FN3O. The fraction of sp³-hybridized carbons (Fsp3) is 0.467. The molecular weight excluding hydrogens is 257 g/mol. The van der Waals surface area contributed by atoms with Crippen LogP contribution in [-0.4, -0.2) is 19.0 Å². The lowest BCUT2D eigenvalue weighted by Gasteiger charge is -2.22. The molecule has 20 heavy (non-hydrogen) atoms. The molecule has 1 atom stereocenters. The van der Waals surface area contributed by atoms with E-state index in [0.29, 0.717) is 13.0 Å². The predicted molar refractivity (Wildman–Crippen MR) is 75.2 cm³/mol. The third kappa shape index (κ3) is 5.37. The maximum absolute atomic E-state index is 12.9. The molecule has 1 aromatic carbocycles. The lowest BCUT2D eigenvalue weighted by atomic mass is 9.96. The molecule has 1 rings (SSSR count). The van der Waals surface area contributed by atoms with E-state index in [0.717, 1.165) is 5.56 Å². The number of halogens is 1. The molecule has 5 heteroatoms. The van der Waals surface area contributed by atoms with Crippen LogP contribution in [0.1, 0.15) is 31.9 Å². The first kappa shape index (κ1) is 16.1. The van der Waals surface area contributed by atoms with E-state index in [1.807, 2.05) is 19.9 Å². The largest absolute Gasteiger partial charge is 0.354 e. The van der Waals surface area contributed by atoms with Crippen LogP contribution >= 0.6 is 0 Å². The summed E-state index contributed by atoms with van der Waals surface area (Å²) in [5, 5.41) is 14.2. The molecule has 0 aromatic heterocycles. The number of hydrogen-bond acceptors (Lipinski definition) is 3. The van der Waals surface area contributed by atoms with Crippen LogP contribution in [0.5, 0.6) is 0 Å². The maximum Gasteiger partial charge on any atom is 0.234 e. The van der Waals surface area contributed by atoms with Crippen molar-refractivity contribution in [1.82, 2.24) is 10.6 Å². The zero-order chi connectivity index (χ0) is 15.0. The number of benzene rings is 1. The Balaban J connectivity index is 2.54. The minimum atomic E-state index is -0.273. The topological polar surface area (TPSA) is 64.9 Å². The number of rotatable bonds is 7. The van der Waals surface area contributed by atoms with Gasteiger partial charge in [0.2, 0.25) is 5.91 Å². The molecule has 4 nitrogen and oxygen atoms in total.